The lowest BCUT2D eigenvalue weighted by atomic mass is 9.96. The second-order valence-electron chi connectivity index (χ2n) is 19.4. The summed E-state index contributed by atoms with van der Waals surface area (Å²) in [5.41, 5.74) is 10.3. The van der Waals surface area contributed by atoms with E-state index < -0.39 is 16.1 Å². The average Bonchev–Trinajstić information content (AvgIpc) is 3.66. The van der Waals surface area contributed by atoms with E-state index in [-0.39, 0.29) is 0 Å². The summed E-state index contributed by atoms with van der Waals surface area (Å²) < 4.78 is 2.56. The third-order valence-corrected chi connectivity index (χ3v) is 17.4. The van der Waals surface area contributed by atoms with Gasteiger partial charge in [-0.25, -0.2) is 0 Å². The third kappa shape index (κ3) is 7.03. The van der Waals surface area contributed by atoms with Gasteiger partial charge in [-0.1, -0.05) is 195 Å². The Hall–Kier alpha value is -7.19. The zero-order chi connectivity index (χ0) is 44.5. The fourth-order valence-electron chi connectivity index (χ4n) is 9.95. The van der Waals surface area contributed by atoms with E-state index >= 15 is 0 Å². The molecule has 0 N–H and O–H groups in total. The first-order valence-electron chi connectivity index (χ1n) is 22.9. The highest BCUT2D eigenvalue weighted by Crippen LogP contribution is 2.50. The Morgan fingerprint density at radius 1 is 0.323 bits per heavy atom. The van der Waals surface area contributed by atoms with Gasteiger partial charge in [0.05, 0.1) is 44.2 Å². The number of rotatable bonds is 9. The molecular weight excluding hydrogens is 819 g/mol. The number of para-hydroxylation sites is 2. The number of nitrogens with zero attached hydrogens (tertiary/aromatic N) is 3. The summed E-state index contributed by atoms with van der Waals surface area (Å²) in [4.78, 5) is 4.93. The molecule has 0 radical (unpaired) electrons. The topological polar surface area (TPSA) is 11.4 Å². The molecule has 0 aliphatic heterocycles. The SMILES string of the molecule is C[Si](C)(C)c1ccc(N(c2ccccc2)c2cc3c(c4ccccc24)c2c4ccccc4c(N(c4ccccc4)c4ccc([Si](C)(C)C)cc4)cc2n3-c2cccc3ccccc23)cc1. The van der Waals surface area contributed by atoms with Crippen molar-refractivity contribution < 1.29 is 0 Å². The summed E-state index contributed by atoms with van der Waals surface area (Å²) in [6.45, 7) is 14.5. The minimum Gasteiger partial charge on any atom is -0.310 e. The van der Waals surface area contributed by atoms with Gasteiger partial charge < -0.3 is 14.4 Å². The van der Waals surface area contributed by atoms with Crippen molar-refractivity contribution in [2.75, 3.05) is 9.80 Å². The molecule has 0 spiro atoms. The molecule has 10 aromatic carbocycles. The van der Waals surface area contributed by atoms with Crippen LogP contribution in [-0.4, -0.2) is 20.7 Å². The van der Waals surface area contributed by atoms with Crippen molar-refractivity contribution in [3.8, 4) is 5.69 Å². The molecule has 5 heteroatoms. The van der Waals surface area contributed by atoms with Crippen LogP contribution >= 0.6 is 0 Å². The molecule has 1 heterocycles. The molecule has 0 atom stereocenters. The second-order valence-corrected chi connectivity index (χ2v) is 29.6. The number of benzene rings is 10. The maximum absolute atomic E-state index is 2.56. The van der Waals surface area contributed by atoms with E-state index in [2.05, 4.69) is 266 Å². The molecule has 0 unspecified atom stereocenters. The summed E-state index contributed by atoms with van der Waals surface area (Å²) in [7, 11) is -3.06. The van der Waals surface area contributed by atoms with Crippen LogP contribution in [0.5, 0.6) is 0 Å². The fraction of sp³-hybridized carbons (Fsp3) is 0.100. The zero-order valence-electron chi connectivity index (χ0n) is 38.0. The van der Waals surface area contributed by atoms with E-state index in [0.717, 1.165) is 50.8 Å². The predicted molar refractivity (Wildman–Crippen MR) is 289 cm³/mol. The van der Waals surface area contributed by atoms with Crippen LogP contribution in [0, 0.1) is 0 Å². The van der Waals surface area contributed by atoms with Gasteiger partial charge in [0.1, 0.15) is 0 Å². The maximum atomic E-state index is 2.56. The first-order chi connectivity index (χ1) is 31.5. The fourth-order valence-corrected chi connectivity index (χ4v) is 12.3. The van der Waals surface area contributed by atoms with Gasteiger partial charge in [-0.2, -0.15) is 0 Å². The highest BCUT2D eigenvalue weighted by molar-refractivity contribution is 6.89. The van der Waals surface area contributed by atoms with Gasteiger partial charge in [0.15, 0.2) is 0 Å². The van der Waals surface area contributed by atoms with Crippen molar-refractivity contribution in [2.24, 2.45) is 0 Å². The molecule has 316 valence electrons. The van der Waals surface area contributed by atoms with Crippen molar-refractivity contribution in [1.82, 2.24) is 4.57 Å². The molecule has 0 saturated heterocycles. The number of hydrogen-bond acceptors (Lipinski definition) is 2. The van der Waals surface area contributed by atoms with Crippen LogP contribution in [0.2, 0.25) is 39.3 Å². The van der Waals surface area contributed by atoms with Crippen molar-refractivity contribution in [2.45, 2.75) is 39.3 Å². The Kier molecular flexibility index (Phi) is 9.87. The van der Waals surface area contributed by atoms with Crippen LogP contribution in [0.1, 0.15) is 0 Å². The minimum absolute atomic E-state index is 1.12. The van der Waals surface area contributed by atoms with Crippen molar-refractivity contribution in [3.05, 3.63) is 212 Å². The van der Waals surface area contributed by atoms with E-state index in [9.17, 15) is 0 Å². The maximum Gasteiger partial charge on any atom is 0.0775 e. The van der Waals surface area contributed by atoms with Crippen LogP contribution in [0.3, 0.4) is 0 Å². The lowest BCUT2D eigenvalue weighted by Crippen LogP contribution is -2.37. The number of anilines is 6. The Morgan fingerprint density at radius 3 is 1.11 bits per heavy atom. The quantitative estimate of drug-likeness (QED) is 0.134. The average molecular weight is 872 g/mol. The van der Waals surface area contributed by atoms with Gasteiger partial charge in [0, 0.05) is 49.7 Å². The van der Waals surface area contributed by atoms with Crippen LogP contribution in [0.4, 0.5) is 34.1 Å². The zero-order valence-corrected chi connectivity index (χ0v) is 40.0. The first kappa shape index (κ1) is 40.6. The first-order valence-corrected chi connectivity index (χ1v) is 29.9. The van der Waals surface area contributed by atoms with Crippen molar-refractivity contribution in [1.29, 1.82) is 0 Å². The molecule has 3 nitrogen and oxygen atoms in total. The third-order valence-electron chi connectivity index (χ3n) is 13.2. The highest BCUT2D eigenvalue weighted by Gasteiger charge is 2.27. The van der Waals surface area contributed by atoms with Crippen LogP contribution in [0.25, 0.3) is 59.8 Å². The molecule has 0 amide bonds. The van der Waals surface area contributed by atoms with Gasteiger partial charge in [-0.05, 0) is 82.9 Å². The molecule has 11 aromatic rings. The normalized spacial score (nSPS) is 12.2. The van der Waals surface area contributed by atoms with Crippen molar-refractivity contribution in [3.63, 3.8) is 0 Å². The molecule has 0 fully saturated rings. The molecule has 65 heavy (non-hydrogen) atoms. The van der Waals surface area contributed by atoms with Crippen molar-refractivity contribution >= 4 is 115 Å². The minimum atomic E-state index is -1.53. The lowest BCUT2D eigenvalue weighted by molar-refractivity contribution is 1.19. The van der Waals surface area contributed by atoms with Gasteiger partial charge in [0.2, 0.25) is 0 Å². The largest absolute Gasteiger partial charge is 0.310 e. The van der Waals surface area contributed by atoms with Crippen LogP contribution in [-0.2, 0) is 0 Å². The van der Waals surface area contributed by atoms with E-state index in [4.69, 9.17) is 0 Å². The summed E-state index contributed by atoms with van der Waals surface area (Å²) in [5.74, 6) is 0. The molecule has 1 aromatic heterocycles. The van der Waals surface area contributed by atoms with E-state index in [1.807, 2.05) is 0 Å². The van der Waals surface area contributed by atoms with Gasteiger partial charge in [-0.15, -0.1) is 0 Å². The molecule has 11 rings (SSSR count). The number of fused-ring (bicyclic) bond motifs is 8. The molecular formula is C60H53N3Si2. The van der Waals surface area contributed by atoms with Crippen LogP contribution in [0.15, 0.2) is 212 Å². The molecule has 0 aliphatic carbocycles. The number of hydrogen-bond donors (Lipinski definition) is 0. The Labute approximate surface area is 384 Å². The summed E-state index contributed by atoms with van der Waals surface area (Å²) >= 11 is 0. The van der Waals surface area contributed by atoms with E-state index in [0.29, 0.717) is 0 Å². The molecule has 0 saturated carbocycles. The summed E-state index contributed by atoms with van der Waals surface area (Å²) in [5, 5.41) is 12.7. The molecule has 0 aliphatic rings. The molecule has 0 bridgehead atoms. The number of aromatic nitrogens is 1. The Bertz CT molecular complexity index is 3340. The Morgan fingerprint density at radius 2 is 0.677 bits per heavy atom. The van der Waals surface area contributed by atoms with Gasteiger partial charge in [0.25, 0.3) is 0 Å². The monoisotopic (exact) mass is 871 g/mol. The smallest absolute Gasteiger partial charge is 0.0775 e. The van der Waals surface area contributed by atoms with E-state index in [1.165, 1.54) is 53.5 Å². The van der Waals surface area contributed by atoms with Gasteiger partial charge in [-0.3, -0.25) is 0 Å². The summed E-state index contributed by atoms with van der Waals surface area (Å²) in [6, 6.07) is 79.1. The second kappa shape index (κ2) is 15.8. The standard InChI is InChI=1S/C60H53N3Si2/c1-64(2,3)47-36-32-45(33-37-47)61(43-22-9-7-10-23-43)55-40-57-59(52-29-17-15-27-50(52)55)60-53-30-18-16-28-51(53)56(41-58(60)63(57)54-31-19-21-42-20-13-14-26-49(42)54)62(44-24-11-8-12-25-44)46-34-38-48(39-35-46)65(4,5)6/h7-41H,1-6H3. The van der Waals surface area contributed by atoms with E-state index in [1.54, 1.807) is 0 Å². The highest BCUT2D eigenvalue weighted by atomic mass is 28.3. The van der Waals surface area contributed by atoms with Gasteiger partial charge >= 0.3 is 0 Å². The predicted octanol–water partition coefficient (Wildman–Crippen LogP) is 16.3. The van der Waals surface area contributed by atoms with Crippen LogP contribution < -0.4 is 20.2 Å². The Balaban J connectivity index is 1.30. The lowest BCUT2D eigenvalue weighted by Gasteiger charge is -2.28. The summed E-state index contributed by atoms with van der Waals surface area (Å²) in [6.07, 6.45) is 0.